The van der Waals surface area contributed by atoms with Gasteiger partial charge in [-0.05, 0) is 11.0 Å². The molecule has 0 spiro atoms. The number of Topliss-reactive ketones (excluding diaryl/α,β-unsaturated/α-hetero) is 1. The molecule has 0 fully saturated rings. The molecule has 4 nitrogen and oxygen atoms in total. The number of hydrogen-bond donors (Lipinski definition) is 1. The first-order valence-electron chi connectivity index (χ1n) is 6.88. The molecule has 0 aliphatic heterocycles. The molecule has 0 aromatic heterocycles. The molecule has 1 amide bonds. The maximum Gasteiger partial charge on any atom is 0.407 e. The molecule has 1 atom stereocenters. The predicted octanol–water partition coefficient (Wildman–Crippen LogP) is 3.68. The molecular formula is C16H22BrNO3. The minimum Gasteiger partial charge on any atom is -0.445 e. The Balaban J connectivity index is 2.54. The third-order valence-electron chi connectivity index (χ3n) is 3.13. The summed E-state index contributed by atoms with van der Waals surface area (Å²) in [6.45, 7) is 6.17. The summed E-state index contributed by atoms with van der Waals surface area (Å²) in [7, 11) is 0. The molecule has 0 radical (unpaired) electrons. The number of carbonyl (C=O) groups is 2. The van der Waals surface area contributed by atoms with Gasteiger partial charge in [0.1, 0.15) is 12.4 Å². The fourth-order valence-electron chi connectivity index (χ4n) is 1.76. The fourth-order valence-corrected chi connectivity index (χ4v) is 1.99. The Kier molecular flexibility index (Phi) is 6.89. The average molecular weight is 356 g/mol. The Labute approximate surface area is 134 Å². The summed E-state index contributed by atoms with van der Waals surface area (Å²) in [6, 6.07) is 9.22. The molecule has 21 heavy (non-hydrogen) atoms. The lowest BCUT2D eigenvalue weighted by Gasteiger charge is -2.30. The van der Waals surface area contributed by atoms with Crippen molar-refractivity contribution in [3.63, 3.8) is 0 Å². The number of ketones is 1. The van der Waals surface area contributed by atoms with Crippen molar-refractivity contribution >= 4 is 27.8 Å². The first-order valence-corrected chi connectivity index (χ1v) is 8.00. The van der Waals surface area contributed by atoms with E-state index in [1.54, 1.807) is 0 Å². The third-order valence-corrected chi connectivity index (χ3v) is 3.76. The standard InChI is InChI=1S/C16H22BrNO3/c1-16(2,3)14(9-13(19)10-17)18-15(20)21-11-12-7-5-4-6-8-12/h4-8,14H,9-11H2,1-3H3,(H,18,20). The molecule has 1 unspecified atom stereocenters. The number of carbonyl (C=O) groups excluding carboxylic acids is 2. The molecule has 1 rings (SSSR count). The molecule has 0 bridgehead atoms. The summed E-state index contributed by atoms with van der Waals surface area (Å²) in [4.78, 5) is 23.5. The summed E-state index contributed by atoms with van der Waals surface area (Å²) >= 11 is 3.14. The Hall–Kier alpha value is -1.36. The van der Waals surface area contributed by atoms with Gasteiger partial charge in [-0.15, -0.1) is 0 Å². The quantitative estimate of drug-likeness (QED) is 0.791. The van der Waals surface area contributed by atoms with Gasteiger partial charge in [0.25, 0.3) is 0 Å². The van der Waals surface area contributed by atoms with Crippen LogP contribution in [0.15, 0.2) is 30.3 Å². The first kappa shape index (κ1) is 17.7. The lowest BCUT2D eigenvalue weighted by Crippen LogP contribution is -2.45. The molecule has 0 saturated heterocycles. The summed E-state index contributed by atoms with van der Waals surface area (Å²) in [5, 5.41) is 3.08. The Morgan fingerprint density at radius 2 is 1.86 bits per heavy atom. The van der Waals surface area contributed by atoms with Crippen LogP contribution >= 0.6 is 15.9 Å². The number of halogens is 1. The van der Waals surface area contributed by atoms with Gasteiger partial charge in [0.2, 0.25) is 0 Å². The minimum atomic E-state index is -0.499. The van der Waals surface area contributed by atoms with Crippen LogP contribution in [-0.2, 0) is 16.1 Å². The van der Waals surface area contributed by atoms with Crippen LogP contribution in [0.2, 0.25) is 0 Å². The van der Waals surface area contributed by atoms with Crippen molar-refractivity contribution in [3.05, 3.63) is 35.9 Å². The third kappa shape index (κ3) is 6.76. The van der Waals surface area contributed by atoms with Crippen LogP contribution in [0.3, 0.4) is 0 Å². The van der Waals surface area contributed by atoms with Crippen molar-refractivity contribution in [3.8, 4) is 0 Å². The van der Waals surface area contributed by atoms with E-state index in [1.807, 2.05) is 51.1 Å². The zero-order valence-corrected chi connectivity index (χ0v) is 14.3. The summed E-state index contributed by atoms with van der Waals surface area (Å²) < 4.78 is 5.20. The summed E-state index contributed by atoms with van der Waals surface area (Å²) in [6.07, 6.45) is -0.212. The highest BCUT2D eigenvalue weighted by molar-refractivity contribution is 9.09. The monoisotopic (exact) mass is 355 g/mol. The molecule has 1 aromatic rings. The van der Waals surface area contributed by atoms with Crippen molar-refractivity contribution < 1.29 is 14.3 Å². The summed E-state index contributed by atoms with van der Waals surface area (Å²) in [5.41, 5.74) is 0.709. The zero-order valence-electron chi connectivity index (χ0n) is 12.7. The molecular weight excluding hydrogens is 334 g/mol. The van der Waals surface area contributed by atoms with E-state index in [-0.39, 0.29) is 30.3 Å². The second-order valence-corrected chi connectivity index (χ2v) is 6.56. The van der Waals surface area contributed by atoms with E-state index in [1.165, 1.54) is 0 Å². The number of nitrogens with one attached hydrogen (secondary N) is 1. The largest absolute Gasteiger partial charge is 0.445 e. The van der Waals surface area contributed by atoms with Gasteiger partial charge in [0.15, 0.2) is 0 Å². The van der Waals surface area contributed by atoms with E-state index in [0.717, 1.165) is 5.56 Å². The lowest BCUT2D eigenvalue weighted by atomic mass is 9.84. The molecule has 5 heteroatoms. The van der Waals surface area contributed by atoms with E-state index in [9.17, 15) is 9.59 Å². The average Bonchev–Trinajstić information content (AvgIpc) is 2.44. The lowest BCUT2D eigenvalue weighted by molar-refractivity contribution is -0.117. The van der Waals surface area contributed by atoms with Crippen molar-refractivity contribution in [2.45, 2.75) is 39.8 Å². The molecule has 0 saturated carbocycles. The van der Waals surface area contributed by atoms with Gasteiger partial charge >= 0.3 is 6.09 Å². The van der Waals surface area contributed by atoms with Gasteiger partial charge in [-0.2, -0.15) is 0 Å². The van der Waals surface area contributed by atoms with Crippen molar-refractivity contribution in [2.24, 2.45) is 5.41 Å². The highest BCUT2D eigenvalue weighted by Crippen LogP contribution is 2.22. The molecule has 1 N–H and O–H groups in total. The highest BCUT2D eigenvalue weighted by atomic mass is 79.9. The highest BCUT2D eigenvalue weighted by Gasteiger charge is 2.28. The van der Waals surface area contributed by atoms with Crippen LogP contribution in [0, 0.1) is 5.41 Å². The first-order chi connectivity index (χ1) is 9.82. The molecule has 1 aromatic carbocycles. The van der Waals surface area contributed by atoms with Crippen molar-refractivity contribution in [1.29, 1.82) is 0 Å². The molecule has 0 aliphatic carbocycles. The number of rotatable bonds is 6. The Morgan fingerprint density at radius 3 is 2.38 bits per heavy atom. The SMILES string of the molecule is CC(C)(C)C(CC(=O)CBr)NC(=O)OCc1ccccc1. The maximum atomic E-state index is 11.9. The normalized spacial score (nSPS) is 12.6. The van der Waals surface area contributed by atoms with Gasteiger partial charge in [-0.3, -0.25) is 4.79 Å². The van der Waals surface area contributed by atoms with E-state index >= 15 is 0 Å². The van der Waals surface area contributed by atoms with E-state index in [0.29, 0.717) is 5.33 Å². The number of alkyl carbamates (subject to hydrolysis) is 1. The van der Waals surface area contributed by atoms with Crippen LogP contribution in [0.25, 0.3) is 0 Å². The van der Waals surface area contributed by atoms with Gasteiger partial charge in [-0.25, -0.2) is 4.79 Å². The van der Waals surface area contributed by atoms with Gasteiger partial charge in [0.05, 0.1) is 5.33 Å². The molecule has 116 valence electrons. The second-order valence-electron chi connectivity index (χ2n) is 6.00. The molecule has 0 heterocycles. The minimum absolute atomic E-state index is 0.0540. The number of hydrogen-bond acceptors (Lipinski definition) is 3. The maximum absolute atomic E-state index is 11.9. The Bertz CT molecular complexity index is 468. The van der Waals surface area contributed by atoms with Crippen LogP contribution < -0.4 is 5.32 Å². The fraction of sp³-hybridized carbons (Fsp3) is 0.500. The van der Waals surface area contributed by atoms with E-state index < -0.39 is 6.09 Å². The van der Waals surface area contributed by atoms with Gasteiger partial charge in [0, 0.05) is 12.5 Å². The number of alkyl halides is 1. The number of amides is 1. The molecule has 0 aliphatic rings. The van der Waals surface area contributed by atoms with Gasteiger partial charge in [-0.1, -0.05) is 67.0 Å². The van der Waals surface area contributed by atoms with Crippen molar-refractivity contribution in [2.75, 3.05) is 5.33 Å². The summed E-state index contributed by atoms with van der Waals surface area (Å²) in [5.74, 6) is 0.0540. The van der Waals surface area contributed by atoms with E-state index in [2.05, 4.69) is 21.2 Å². The smallest absolute Gasteiger partial charge is 0.407 e. The van der Waals surface area contributed by atoms with Crippen LogP contribution in [0.4, 0.5) is 4.79 Å². The van der Waals surface area contributed by atoms with Crippen LogP contribution in [0.1, 0.15) is 32.8 Å². The van der Waals surface area contributed by atoms with Crippen molar-refractivity contribution in [1.82, 2.24) is 5.32 Å². The van der Waals surface area contributed by atoms with Crippen LogP contribution in [0.5, 0.6) is 0 Å². The predicted molar refractivity (Wildman–Crippen MR) is 86.4 cm³/mol. The van der Waals surface area contributed by atoms with E-state index in [4.69, 9.17) is 4.74 Å². The number of ether oxygens (including phenoxy) is 1. The second kappa shape index (κ2) is 8.17. The van der Waals surface area contributed by atoms with Crippen LogP contribution in [-0.4, -0.2) is 23.2 Å². The number of benzene rings is 1. The zero-order chi connectivity index (χ0) is 15.9. The Morgan fingerprint density at radius 1 is 1.24 bits per heavy atom. The van der Waals surface area contributed by atoms with Gasteiger partial charge < -0.3 is 10.1 Å². The topological polar surface area (TPSA) is 55.4 Å².